The minimum absolute atomic E-state index is 0.0632. The zero-order valence-electron chi connectivity index (χ0n) is 19.1. The first-order valence-electron chi connectivity index (χ1n) is 11.1. The minimum atomic E-state index is -1.46. The summed E-state index contributed by atoms with van der Waals surface area (Å²) in [5, 5.41) is 11.0. The molecule has 0 aliphatic carbocycles. The average molecular weight is 437 g/mol. The van der Waals surface area contributed by atoms with E-state index in [1.54, 1.807) is 22.8 Å². The standard InChI is InChI=1S/C21H16N2O5.2C2H6/c1-2-17(24)10-3-4-15-11(5-10)6-12-8-23-16(18(12)22-15)7-13-14(20(23)26)9-28-21(27)19(13)25;2*1-2/h3-7,19,25H,2,8-9H2,1H3;2*1-2H3. The number of fused-ring (bicyclic) bond motifs is 5. The third-order valence-electron chi connectivity index (χ3n) is 5.42. The molecule has 0 radical (unpaired) electrons. The number of esters is 1. The molecule has 1 atom stereocenters. The number of carbonyl (C=O) groups is 2. The van der Waals surface area contributed by atoms with Crippen molar-refractivity contribution in [1.82, 2.24) is 9.55 Å². The molecule has 2 aromatic heterocycles. The predicted molar refractivity (Wildman–Crippen MR) is 123 cm³/mol. The number of aromatic nitrogens is 2. The zero-order chi connectivity index (χ0) is 23.6. The van der Waals surface area contributed by atoms with E-state index in [2.05, 4.69) is 4.98 Å². The number of rotatable bonds is 2. The number of benzene rings is 1. The van der Waals surface area contributed by atoms with Gasteiger partial charge in [0.1, 0.15) is 6.61 Å². The topological polar surface area (TPSA) is 98.5 Å². The van der Waals surface area contributed by atoms with Crippen molar-refractivity contribution in [2.45, 2.75) is 60.3 Å². The third kappa shape index (κ3) is 3.73. The molecule has 0 amide bonds. The van der Waals surface area contributed by atoms with Crippen LogP contribution in [-0.2, 0) is 22.7 Å². The van der Waals surface area contributed by atoms with E-state index >= 15 is 0 Å². The Morgan fingerprint density at radius 3 is 2.56 bits per heavy atom. The molecule has 2 aliphatic rings. The van der Waals surface area contributed by atoms with E-state index in [-0.39, 0.29) is 23.5 Å². The van der Waals surface area contributed by atoms with Gasteiger partial charge in [-0.3, -0.25) is 9.59 Å². The number of hydrogen-bond donors (Lipinski definition) is 1. The Morgan fingerprint density at radius 2 is 1.88 bits per heavy atom. The number of ketones is 1. The summed E-state index contributed by atoms with van der Waals surface area (Å²) in [6.45, 7) is 10.0. The van der Waals surface area contributed by atoms with Crippen molar-refractivity contribution in [3.63, 3.8) is 0 Å². The van der Waals surface area contributed by atoms with Crippen LogP contribution < -0.4 is 5.56 Å². The van der Waals surface area contributed by atoms with Crippen molar-refractivity contribution in [2.75, 3.05) is 0 Å². The third-order valence-corrected chi connectivity index (χ3v) is 5.42. The molecule has 1 aromatic carbocycles. The fraction of sp³-hybridized carbons (Fsp3) is 0.360. The van der Waals surface area contributed by atoms with Gasteiger partial charge in [-0.15, -0.1) is 0 Å². The van der Waals surface area contributed by atoms with Gasteiger partial charge in [-0.05, 0) is 30.3 Å². The van der Waals surface area contributed by atoms with Gasteiger partial charge in [0, 0.05) is 28.5 Å². The number of aliphatic hydroxyl groups excluding tert-OH is 1. The molecule has 7 heteroatoms. The monoisotopic (exact) mass is 436 g/mol. The molecule has 32 heavy (non-hydrogen) atoms. The molecule has 1 unspecified atom stereocenters. The lowest BCUT2D eigenvalue weighted by Gasteiger charge is -2.21. The van der Waals surface area contributed by atoms with Crippen LogP contribution in [0.3, 0.4) is 0 Å². The van der Waals surface area contributed by atoms with Gasteiger partial charge in [-0.1, -0.05) is 34.6 Å². The maximum atomic E-state index is 12.9. The van der Waals surface area contributed by atoms with Crippen molar-refractivity contribution in [2.24, 2.45) is 0 Å². The summed E-state index contributed by atoms with van der Waals surface area (Å²) in [7, 11) is 0. The summed E-state index contributed by atoms with van der Waals surface area (Å²) in [5.41, 5.74) is 3.72. The molecule has 0 saturated heterocycles. The van der Waals surface area contributed by atoms with Crippen LogP contribution in [0.25, 0.3) is 22.3 Å². The fourth-order valence-electron chi connectivity index (χ4n) is 3.91. The number of Topliss-reactive ketones (excluding diaryl/α,β-unsaturated/α-hetero) is 1. The van der Waals surface area contributed by atoms with Gasteiger partial charge in [0.25, 0.3) is 5.56 Å². The lowest BCUT2D eigenvalue weighted by molar-refractivity contribution is -0.157. The SMILES string of the molecule is CC.CC.CCC(=O)c1ccc2nc3c(cc2c1)Cn1c-3cc2c(c1=O)COC(=O)C2O. The molecule has 0 spiro atoms. The summed E-state index contributed by atoms with van der Waals surface area (Å²) < 4.78 is 6.48. The van der Waals surface area contributed by atoms with Gasteiger partial charge in [0.15, 0.2) is 11.9 Å². The number of pyridine rings is 2. The maximum absolute atomic E-state index is 12.9. The highest BCUT2D eigenvalue weighted by Crippen LogP contribution is 2.35. The molecule has 3 aromatic rings. The molecule has 0 saturated carbocycles. The van der Waals surface area contributed by atoms with E-state index in [4.69, 9.17) is 4.74 Å². The Bertz CT molecular complexity index is 1260. The highest BCUT2D eigenvalue weighted by Gasteiger charge is 2.33. The van der Waals surface area contributed by atoms with Crippen LogP contribution in [0, 0.1) is 0 Å². The van der Waals surface area contributed by atoms with Gasteiger partial charge in [0.2, 0.25) is 0 Å². The first kappa shape index (κ1) is 23.3. The fourth-order valence-corrected chi connectivity index (χ4v) is 3.91. The molecule has 2 aliphatic heterocycles. The number of nitrogens with zero attached hydrogens (tertiary/aromatic N) is 2. The largest absolute Gasteiger partial charge is 0.458 e. The summed E-state index contributed by atoms with van der Waals surface area (Å²) in [6.07, 6.45) is -1.03. The van der Waals surface area contributed by atoms with Crippen LogP contribution in [0.15, 0.2) is 35.1 Å². The van der Waals surface area contributed by atoms with Crippen molar-refractivity contribution < 1.29 is 19.4 Å². The number of aliphatic hydroxyl groups is 1. The highest BCUT2D eigenvalue weighted by atomic mass is 16.5. The Balaban J connectivity index is 0.000000686. The van der Waals surface area contributed by atoms with Crippen molar-refractivity contribution in [1.29, 1.82) is 0 Å². The Hall–Kier alpha value is -3.32. The smallest absolute Gasteiger partial charge is 0.340 e. The second-order valence-corrected chi connectivity index (χ2v) is 7.05. The van der Waals surface area contributed by atoms with Gasteiger partial charge in [-0.25, -0.2) is 9.78 Å². The van der Waals surface area contributed by atoms with Crippen molar-refractivity contribution in [3.05, 3.63) is 62.9 Å². The van der Waals surface area contributed by atoms with Gasteiger partial charge < -0.3 is 14.4 Å². The van der Waals surface area contributed by atoms with E-state index in [0.717, 1.165) is 10.9 Å². The lowest BCUT2D eigenvalue weighted by atomic mass is 10.00. The van der Waals surface area contributed by atoms with E-state index in [1.807, 2.05) is 46.8 Å². The van der Waals surface area contributed by atoms with Crippen LogP contribution in [0.2, 0.25) is 0 Å². The van der Waals surface area contributed by atoms with E-state index in [9.17, 15) is 19.5 Å². The van der Waals surface area contributed by atoms with Crippen LogP contribution >= 0.6 is 0 Å². The van der Waals surface area contributed by atoms with Gasteiger partial charge >= 0.3 is 5.97 Å². The average Bonchev–Trinajstić information content (AvgIpc) is 3.19. The van der Waals surface area contributed by atoms with Crippen molar-refractivity contribution in [3.8, 4) is 11.4 Å². The number of carbonyl (C=O) groups excluding carboxylic acids is 2. The van der Waals surface area contributed by atoms with Crippen LogP contribution in [0.1, 0.15) is 74.2 Å². The van der Waals surface area contributed by atoms with Crippen LogP contribution in [0.4, 0.5) is 0 Å². The molecular formula is C25H28N2O5. The molecule has 5 rings (SSSR count). The first-order valence-corrected chi connectivity index (χ1v) is 11.1. The Kier molecular flexibility index (Phi) is 6.89. The van der Waals surface area contributed by atoms with Crippen molar-refractivity contribution >= 4 is 22.7 Å². The summed E-state index contributed by atoms with van der Waals surface area (Å²) in [4.78, 5) is 41.2. The normalized spacial score (nSPS) is 15.3. The van der Waals surface area contributed by atoms with Gasteiger partial charge in [-0.2, -0.15) is 0 Å². The maximum Gasteiger partial charge on any atom is 0.340 e. The molecule has 4 heterocycles. The zero-order valence-corrected chi connectivity index (χ0v) is 19.1. The van der Waals surface area contributed by atoms with E-state index in [1.165, 1.54) is 0 Å². The summed E-state index contributed by atoms with van der Waals surface area (Å²) in [5.74, 6) is -0.692. The molecule has 168 valence electrons. The highest BCUT2D eigenvalue weighted by molar-refractivity contribution is 5.99. The molecular weight excluding hydrogens is 408 g/mol. The van der Waals surface area contributed by atoms with Crippen LogP contribution in [-0.4, -0.2) is 26.4 Å². The Labute approximate surface area is 186 Å². The quantitative estimate of drug-likeness (QED) is 0.374. The second-order valence-electron chi connectivity index (χ2n) is 7.05. The van der Waals surface area contributed by atoms with E-state index in [0.29, 0.717) is 41.0 Å². The van der Waals surface area contributed by atoms with Gasteiger partial charge in [0.05, 0.1) is 29.0 Å². The molecule has 0 bridgehead atoms. The second kappa shape index (κ2) is 9.44. The summed E-state index contributed by atoms with van der Waals surface area (Å²) >= 11 is 0. The Morgan fingerprint density at radius 1 is 1.16 bits per heavy atom. The molecule has 1 N–H and O–H groups in total. The number of ether oxygens (including phenoxy) is 1. The number of cyclic esters (lactones) is 1. The molecule has 0 fully saturated rings. The summed E-state index contributed by atoms with van der Waals surface area (Å²) in [6, 6.07) is 8.96. The first-order chi connectivity index (χ1) is 15.5. The number of hydrogen-bond acceptors (Lipinski definition) is 6. The van der Waals surface area contributed by atoms with E-state index < -0.39 is 12.1 Å². The predicted octanol–water partition coefficient (Wildman–Crippen LogP) is 4.16. The minimum Gasteiger partial charge on any atom is -0.458 e. The molecule has 7 nitrogen and oxygen atoms in total. The van der Waals surface area contributed by atoms with Crippen LogP contribution in [0.5, 0.6) is 0 Å². The lowest BCUT2D eigenvalue weighted by Crippen LogP contribution is -2.32.